The topological polar surface area (TPSA) is 791 Å². The van der Waals surface area contributed by atoms with Crippen LogP contribution < -0.4 is 30.0 Å². The van der Waals surface area contributed by atoms with E-state index in [1.165, 1.54) is 9.44 Å². The number of carbonyl (C=O) groups excluding carboxylic acids is 3. The first-order chi connectivity index (χ1) is 44.3. The highest BCUT2D eigenvalue weighted by atomic mass is 32.3. The molecule has 96 heavy (non-hydrogen) atoms. The van der Waals surface area contributed by atoms with E-state index >= 15 is 0 Å². The molecule has 57 heteroatoms. The maximum absolute atomic E-state index is 12.9. The fourth-order valence-corrected chi connectivity index (χ4v) is 12.7. The molecule has 6 aliphatic heterocycles. The van der Waals surface area contributed by atoms with Crippen molar-refractivity contribution in [3.63, 3.8) is 0 Å². The van der Waals surface area contributed by atoms with E-state index in [4.69, 9.17) is 65.8 Å². The minimum atomic E-state index is -6.16. The predicted molar refractivity (Wildman–Crippen MR) is 261 cm³/mol. The molecular formula is C39H55N2O49S6-9. The predicted octanol–water partition coefficient (Wildman–Crippen LogP) is -18.9. The van der Waals surface area contributed by atoms with Crippen molar-refractivity contribution >= 4 is 82.0 Å². The summed E-state index contributed by atoms with van der Waals surface area (Å²) in [6.45, 7) is -3.87. The number of aliphatic carboxylic acids is 3. The Morgan fingerprint density at radius 3 is 1.15 bits per heavy atom. The molecule has 6 aliphatic rings. The highest BCUT2D eigenvalue weighted by molar-refractivity contribution is 7.89. The zero-order valence-electron chi connectivity index (χ0n) is 47.7. The molecule has 560 valence electrons. The van der Waals surface area contributed by atoms with Crippen molar-refractivity contribution in [1.82, 2.24) is 9.44 Å². The molecule has 6 heterocycles. The summed E-state index contributed by atoms with van der Waals surface area (Å²) < 4.78 is 271. The van der Waals surface area contributed by atoms with Crippen molar-refractivity contribution in [2.45, 2.75) is 185 Å². The summed E-state index contributed by atoms with van der Waals surface area (Å²) in [5.74, 6) is -8.84. The van der Waals surface area contributed by atoms with Gasteiger partial charge in [-0.1, -0.05) is 6.92 Å². The number of methoxy groups -OCH3 is 2. The summed E-state index contributed by atoms with van der Waals surface area (Å²) in [5.41, 5.74) is 0. The number of hydrogen-bond acceptors (Lipinski definition) is 50. The lowest BCUT2D eigenvalue weighted by molar-refractivity contribution is -0.777. The number of ether oxygens (including phenoxy) is 13. The molecule has 6 rings (SSSR count). The molecule has 0 bridgehead atoms. The Morgan fingerprint density at radius 2 is 0.760 bits per heavy atom. The van der Waals surface area contributed by atoms with Gasteiger partial charge in [0.15, 0.2) is 70.7 Å². The summed E-state index contributed by atoms with van der Waals surface area (Å²) in [6.07, 6.45) is -69.0. The van der Waals surface area contributed by atoms with Gasteiger partial charge in [0, 0.05) is 20.1 Å². The minimum Gasteiger partial charge on any atom is -0.735 e. The van der Waals surface area contributed by atoms with Crippen molar-refractivity contribution in [3.8, 4) is 0 Å². The third kappa shape index (κ3) is 21.4. The van der Waals surface area contributed by atoms with Crippen LogP contribution in [-0.2, 0) is 154 Å². The number of aliphatic hydroxyl groups excluding tert-OH is 8. The van der Waals surface area contributed by atoms with Crippen molar-refractivity contribution in [3.05, 3.63) is 0 Å². The quantitative estimate of drug-likeness (QED) is 0.00747. The summed E-state index contributed by atoms with van der Waals surface area (Å²) in [5, 5.41) is 142. The normalized spacial score (nSPS) is 41.6. The average molecular weight is 1530 g/mol. The van der Waals surface area contributed by atoms with Gasteiger partial charge in [0.25, 0.3) is 0 Å². The molecule has 30 atom stereocenters. The van der Waals surface area contributed by atoms with Gasteiger partial charge in [0.05, 0.1) is 43.8 Å². The minimum absolute atomic E-state index is 0.707. The van der Waals surface area contributed by atoms with Gasteiger partial charge in [0.1, 0.15) is 134 Å². The molecule has 0 aromatic carbocycles. The van der Waals surface area contributed by atoms with Gasteiger partial charge in [0.2, 0.25) is 31.2 Å². The molecule has 0 amide bonds. The molecule has 6 saturated heterocycles. The Labute approximate surface area is 542 Å². The lowest BCUT2D eigenvalue weighted by Crippen LogP contribution is -2.71. The molecule has 0 spiro atoms. The van der Waals surface area contributed by atoms with E-state index in [-0.39, 0.29) is 0 Å². The molecule has 0 radical (unpaired) electrons. The van der Waals surface area contributed by atoms with Crippen LogP contribution in [0.3, 0.4) is 0 Å². The third-order valence-corrected chi connectivity index (χ3v) is 17.3. The van der Waals surface area contributed by atoms with Crippen LogP contribution in [0.4, 0.5) is 0 Å². The molecule has 0 aliphatic carbocycles. The number of rotatable bonds is 32. The fraction of sp³-hybridized carbons (Fsp3) is 0.923. The van der Waals surface area contributed by atoms with Gasteiger partial charge in [-0.25, -0.2) is 51.5 Å². The summed E-state index contributed by atoms with van der Waals surface area (Å²) >= 11 is -0.707. The lowest BCUT2D eigenvalue weighted by Gasteiger charge is -2.51. The second kappa shape index (κ2) is 33.5. The Morgan fingerprint density at radius 1 is 0.417 bits per heavy atom. The number of carbonyl (C=O) groups is 3. The van der Waals surface area contributed by atoms with E-state index in [9.17, 15) is 141 Å². The first-order valence-corrected chi connectivity index (χ1v) is 33.7. The largest absolute Gasteiger partial charge is 0.735 e. The highest BCUT2D eigenvalue weighted by Crippen LogP contribution is 2.40. The van der Waals surface area contributed by atoms with Crippen LogP contribution in [0.1, 0.15) is 6.92 Å². The smallest absolute Gasteiger partial charge is 0.217 e. The van der Waals surface area contributed by atoms with E-state index in [0.717, 1.165) is 21.1 Å². The Balaban J connectivity index is 1.31. The van der Waals surface area contributed by atoms with E-state index in [1.807, 2.05) is 0 Å². The molecule has 0 aromatic rings. The van der Waals surface area contributed by atoms with Crippen molar-refractivity contribution in [1.29, 1.82) is 0 Å². The first kappa shape index (κ1) is 82.1. The van der Waals surface area contributed by atoms with Crippen LogP contribution in [-0.4, -0.2) is 336 Å². The highest BCUT2D eigenvalue weighted by Gasteiger charge is 2.59. The number of aliphatic hydroxyl groups is 8. The van der Waals surface area contributed by atoms with Gasteiger partial charge in [-0.2, -0.15) is 0 Å². The SMILES string of the molecule is COC1OC(COS(=O)(=O)[O-])C(OC2OC(C(=O)[O-])C(OC3OC(COS(=O)(=O)[O-])C(OC4OC(C(=O)[O-])C(OC5OC(COS(=O)(=O)[O-])C(OC6OC(C(=O)[O-])C(OC)C(O)C6O)C(O)C5C)C(O)C4O)C(OSOO[O-])C3NS(=O)(=O)[O-])C(O)C2O)C(O)C1NS(=O)(=O)[O-]. The second-order valence-electron chi connectivity index (χ2n) is 20.6. The zero-order valence-corrected chi connectivity index (χ0v) is 52.6. The van der Waals surface area contributed by atoms with E-state index in [0.29, 0.717) is 0 Å². The number of nitrogens with one attached hydrogen (secondary N) is 2. The van der Waals surface area contributed by atoms with Gasteiger partial charge in [-0.05, 0) is 0 Å². The van der Waals surface area contributed by atoms with Crippen LogP contribution in [0.2, 0.25) is 0 Å². The standard InChI is InChI=1S/C39H64N2O49S6/c1-7-13(42)21(80-37-18(47)15(44)25(72-2)28(85-37)31(50)51)8(4-74-94(63,64)65)77-34(7)83-26-16(45)20(49)39(87-29(26)32(52)53)82-23-10(6-76-96(69,70)71)79-36(12(41-93(60,61)62)24(23)88-91-90-89-56)84-27-17(46)19(48)38(86-30(27)33(54)55)81-22-9(5-75-95(66,67)68)78-35(73-3)11(14(22)43)40-92(57,58)59/h7-30,34-49,56H,4-6H2,1-3H3,(H,50,51)(H,52,53)(H,54,55)(H,57,58,59)(H,60,61,62)(H,63,64,65)(H,66,67,68)(H,69,70,71)/p-9. The van der Waals surface area contributed by atoms with E-state index in [1.54, 1.807) is 0 Å². The average Bonchev–Trinajstić information content (AvgIpc) is 0.770. The molecule has 0 aromatic heterocycles. The molecule has 51 nitrogen and oxygen atoms in total. The molecule has 6 fully saturated rings. The van der Waals surface area contributed by atoms with Crippen LogP contribution >= 0.6 is 12.3 Å². The second-order valence-corrected chi connectivity index (χ2v) is 26.5. The Kier molecular flexibility index (Phi) is 28.6. The monoisotopic (exact) mass is 1530 g/mol. The number of carboxylic acid groups (broad SMARTS) is 3. The first-order valence-electron chi connectivity index (χ1n) is 26.2. The Hall–Kier alpha value is -2.89. The van der Waals surface area contributed by atoms with Gasteiger partial charge >= 0.3 is 0 Å². The summed E-state index contributed by atoms with van der Waals surface area (Å²) in [4.78, 5) is 37.6. The summed E-state index contributed by atoms with van der Waals surface area (Å²) in [7, 11) is -27.6. The van der Waals surface area contributed by atoms with Crippen LogP contribution in [0.15, 0.2) is 0 Å². The van der Waals surface area contributed by atoms with Gasteiger partial charge in [-0.15, -0.1) is 4.33 Å². The van der Waals surface area contributed by atoms with Crippen molar-refractivity contribution < 1.29 is 228 Å². The van der Waals surface area contributed by atoms with Crippen molar-refractivity contribution in [2.24, 2.45) is 5.92 Å². The van der Waals surface area contributed by atoms with Gasteiger partial charge in [-0.3, -0.25) is 21.8 Å². The molecular weight excluding hydrogens is 1470 g/mol. The Bertz CT molecular complexity index is 3190. The molecule has 10 N–H and O–H groups in total. The number of hydrogen-bond donors (Lipinski definition) is 10. The van der Waals surface area contributed by atoms with Crippen LogP contribution in [0, 0.1) is 5.92 Å². The van der Waals surface area contributed by atoms with Gasteiger partial charge < -0.3 is 160 Å². The maximum atomic E-state index is 12.9. The number of carboxylic acids is 3. The molecule has 0 saturated carbocycles. The summed E-state index contributed by atoms with van der Waals surface area (Å²) in [6, 6.07) is -5.18. The maximum Gasteiger partial charge on any atom is 0.217 e. The molecule has 30 unspecified atom stereocenters. The van der Waals surface area contributed by atoms with E-state index < -0.39 is 286 Å². The fourth-order valence-electron chi connectivity index (χ4n) is 10.2. The van der Waals surface area contributed by atoms with Crippen LogP contribution in [0.5, 0.6) is 0 Å². The van der Waals surface area contributed by atoms with Crippen molar-refractivity contribution in [2.75, 3.05) is 34.0 Å². The van der Waals surface area contributed by atoms with Crippen LogP contribution in [0.25, 0.3) is 0 Å². The van der Waals surface area contributed by atoms with E-state index in [2.05, 4.69) is 21.9 Å². The third-order valence-electron chi connectivity index (χ3n) is 14.5. The zero-order chi connectivity index (χ0) is 72.2. The lowest BCUT2D eigenvalue weighted by atomic mass is 9.91.